The summed E-state index contributed by atoms with van der Waals surface area (Å²) in [4.78, 5) is 12.8. The van der Waals surface area contributed by atoms with Gasteiger partial charge in [-0.2, -0.15) is 0 Å². The molecule has 0 aliphatic heterocycles. The van der Waals surface area contributed by atoms with Crippen molar-refractivity contribution in [2.75, 3.05) is 26.6 Å². The molecule has 3 aromatic rings. The highest BCUT2D eigenvalue weighted by molar-refractivity contribution is 7.99. The van der Waals surface area contributed by atoms with Crippen LogP contribution in [0.1, 0.15) is 25.5 Å². The van der Waals surface area contributed by atoms with E-state index in [9.17, 15) is 4.79 Å². The molecular weight excluding hydrogens is 424 g/mol. The quantitative estimate of drug-likeness (QED) is 0.438. The molecule has 0 fully saturated rings. The number of amides is 1. The number of nitrogens with one attached hydrogen (secondary N) is 1. The van der Waals surface area contributed by atoms with E-state index in [0.29, 0.717) is 18.3 Å². The molecule has 1 N–H and O–H groups in total. The van der Waals surface area contributed by atoms with Gasteiger partial charge in [0.2, 0.25) is 5.91 Å². The van der Waals surface area contributed by atoms with Crippen molar-refractivity contribution in [3.8, 4) is 17.1 Å². The number of benzene rings is 2. The van der Waals surface area contributed by atoms with Gasteiger partial charge in [0.1, 0.15) is 5.75 Å². The van der Waals surface area contributed by atoms with Gasteiger partial charge in [0.15, 0.2) is 11.0 Å². The van der Waals surface area contributed by atoms with Crippen molar-refractivity contribution in [2.24, 2.45) is 5.92 Å². The van der Waals surface area contributed by atoms with Gasteiger partial charge < -0.3 is 14.8 Å². The lowest BCUT2D eigenvalue weighted by Gasteiger charge is -2.23. The number of methoxy groups -OCH3 is 2. The van der Waals surface area contributed by atoms with Crippen LogP contribution >= 0.6 is 11.8 Å². The summed E-state index contributed by atoms with van der Waals surface area (Å²) in [5, 5.41) is 12.6. The number of carbonyl (C=O) groups excluding carboxylic acids is 1. The maximum absolute atomic E-state index is 12.8. The van der Waals surface area contributed by atoms with Crippen LogP contribution in [-0.4, -0.2) is 47.3 Å². The fraction of sp³-hybridized carbons (Fsp3) is 0.375. The van der Waals surface area contributed by atoms with E-state index in [0.717, 1.165) is 22.7 Å². The third-order valence-electron chi connectivity index (χ3n) is 5.06. The standard InChI is InChI=1S/C24H30N4O3S/c1-17(2)22(18-10-12-20(31-4)13-11-18)25-21(29)16-32-24-27-26-23(28(24)14-15-30-3)19-8-6-5-7-9-19/h5-13,17,22H,14-16H2,1-4H3,(H,25,29). The monoisotopic (exact) mass is 454 g/mol. The van der Waals surface area contributed by atoms with Gasteiger partial charge in [0.05, 0.1) is 32.1 Å². The fourth-order valence-corrected chi connectivity index (χ4v) is 4.15. The summed E-state index contributed by atoms with van der Waals surface area (Å²) in [5.41, 5.74) is 2.03. The molecule has 32 heavy (non-hydrogen) atoms. The normalized spacial score (nSPS) is 12.0. The summed E-state index contributed by atoms with van der Waals surface area (Å²) in [6.45, 7) is 5.33. The highest BCUT2D eigenvalue weighted by atomic mass is 32.2. The zero-order valence-corrected chi connectivity index (χ0v) is 19.8. The van der Waals surface area contributed by atoms with E-state index in [-0.39, 0.29) is 23.6 Å². The first kappa shape index (κ1) is 23.8. The minimum atomic E-state index is -0.0831. The number of aromatic nitrogens is 3. The number of ether oxygens (including phenoxy) is 2. The van der Waals surface area contributed by atoms with Crippen molar-refractivity contribution >= 4 is 17.7 Å². The van der Waals surface area contributed by atoms with Crippen molar-refractivity contribution in [1.29, 1.82) is 0 Å². The largest absolute Gasteiger partial charge is 0.497 e. The zero-order chi connectivity index (χ0) is 22.9. The summed E-state index contributed by atoms with van der Waals surface area (Å²) < 4.78 is 12.5. The maximum atomic E-state index is 12.8. The summed E-state index contributed by atoms with van der Waals surface area (Å²) in [7, 11) is 3.31. The molecule has 0 radical (unpaired) electrons. The smallest absolute Gasteiger partial charge is 0.230 e. The van der Waals surface area contributed by atoms with E-state index in [1.165, 1.54) is 11.8 Å². The van der Waals surface area contributed by atoms with Gasteiger partial charge in [-0.1, -0.05) is 68.1 Å². The van der Waals surface area contributed by atoms with Crippen molar-refractivity contribution < 1.29 is 14.3 Å². The molecule has 1 aromatic heterocycles. The van der Waals surface area contributed by atoms with Crippen molar-refractivity contribution in [3.63, 3.8) is 0 Å². The Kier molecular flexibility index (Phi) is 8.70. The molecule has 0 spiro atoms. The third kappa shape index (κ3) is 6.11. The topological polar surface area (TPSA) is 78.3 Å². The van der Waals surface area contributed by atoms with Gasteiger partial charge in [-0.15, -0.1) is 10.2 Å². The molecular formula is C24H30N4O3S. The van der Waals surface area contributed by atoms with Crippen LogP contribution in [0.2, 0.25) is 0 Å². The predicted molar refractivity (Wildman–Crippen MR) is 127 cm³/mol. The van der Waals surface area contributed by atoms with E-state index in [4.69, 9.17) is 9.47 Å². The van der Waals surface area contributed by atoms with Gasteiger partial charge >= 0.3 is 0 Å². The number of hydrogen-bond acceptors (Lipinski definition) is 6. The Labute approximate surface area is 193 Å². The predicted octanol–water partition coefficient (Wildman–Crippen LogP) is 4.21. The average molecular weight is 455 g/mol. The molecule has 0 saturated heterocycles. The van der Waals surface area contributed by atoms with Gasteiger partial charge in [-0.3, -0.25) is 9.36 Å². The lowest BCUT2D eigenvalue weighted by atomic mass is 9.96. The lowest BCUT2D eigenvalue weighted by Crippen LogP contribution is -2.33. The average Bonchev–Trinajstić information content (AvgIpc) is 3.23. The van der Waals surface area contributed by atoms with Crippen LogP contribution in [0.5, 0.6) is 5.75 Å². The van der Waals surface area contributed by atoms with Crippen molar-refractivity contribution in [2.45, 2.75) is 31.6 Å². The van der Waals surface area contributed by atoms with Gasteiger partial charge in [-0.25, -0.2) is 0 Å². The molecule has 1 heterocycles. The Hall–Kier alpha value is -2.84. The first-order valence-electron chi connectivity index (χ1n) is 10.6. The summed E-state index contributed by atoms with van der Waals surface area (Å²) in [6.07, 6.45) is 0. The second-order valence-corrected chi connectivity index (χ2v) is 8.61. The Morgan fingerprint density at radius 1 is 1.06 bits per heavy atom. The zero-order valence-electron chi connectivity index (χ0n) is 18.9. The van der Waals surface area contributed by atoms with Gasteiger partial charge in [0.25, 0.3) is 0 Å². The van der Waals surface area contributed by atoms with E-state index >= 15 is 0 Å². The van der Waals surface area contributed by atoms with E-state index < -0.39 is 0 Å². The fourth-order valence-electron chi connectivity index (χ4n) is 3.37. The number of thioether (sulfide) groups is 1. The highest BCUT2D eigenvalue weighted by Gasteiger charge is 2.20. The van der Waals surface area contributed by atoms with Crippen LogP contribution in [0, 0.1) is 5.92 Å². The Balaban J connectivity index is 1.69. The Morgan fingerprint density at radius 3 is 2.41 bits per heavy atom. The van der Waals surface area contributed by atoms with E-state index in [1.807, 2.05) is 59.2 Å². The second kappa shape index (κ2) is 11.7. The van der Waals surface area contributed by atoms with Gasteiger partial charge in [-0.05, 0) is 23.6 Å². The molecule has 1 unspecified atom stereocenters. The first-order chi connectivity index (χ1) is 15.5. The van der Waals surface area contributed by atoms with Crippen LogP contribution in [0.4, 0.5) is 0 Å². The van der Waals surface area contributed by atoms with Crippen LogP contribution in [0.25, 0.3) is 11.4 Å². The van der Waals surface area contributed by atoms with Crippen LogP contribution in [0.3, 0.4) is 0 Å². The third-order valence-corrected chi connectivity index (χ3v) is 6.03. The molecule has 0 aliphatic carbocycles. The molecule has 0 saturated carbocycles. The minimum Gasteiger partial charge on any atom is -0.497 e. The van der Waals surface area contributed by atoms with Crippen molar-refractivity contribution in [3.05, 3.63) is 60.2 Å². The summed E-state index contributed by atoms with van der Waals surface area (Å²) in [6, 6.07) is 17.6. The van der Waals surface area contributed by atoms with E-state index in [1.54, 1.807) is 14.2 Å². The molecule has 1 amide bonds. The molecule has 0 bridgehead atoms. The molecule has 3 rings (SSSR count). The SMILES string of the molecule is COCCn1c(SCC(=O)NC(c2ccc(OC)cc2)C(C)C)nnc1-c1ccccc1. The molecule has 1 atom stereocenters. The minimum absolute atomic E-state index is 0.0490. The summed E-state index contributed by atoms with van der Waals surface area (Å²) in [5.74, 6) is 2.00. The van der Waals surface area contributed by atoms with Crippen molar-refractivity contribution in [1.82, 2.24) is 20.1 Å². The Bertz CT molecular complexity index is 990. The van der Waals surface area contributed by atoms with Crippen LogP contribution < -0.4 is 10.1 Å². The number of nitrogens with zero attached hydrogens (tertiary/aromatic N) is 3. The molecule has 8 heteroatoms. The highest BCUT2D eigenvalue weighted by Crippen LogP contribution is 2.26. The van der Waals surface area contributed by atoms with Crippen LogP contribution in [-0.2, 0) is 16.1 Å². The molecule has 0 aliphatic rings. The lowest BCUT2D eigenvalue weighted by molar-refractivity contribution is -0.119. The van der Waals surface area contributed by atoms with Gasteiger partial charge in [0, 0.05) is 12.7 Å². The number of hydrogen-bond donors (Lipinski definition) is 1. The first-order valence-corrected chi connectivity index (χ1v) is 11.6. The second-order valence-electron chi connectivity index (χ2n) is 7.67. The molecule has 7 nitrogen and oxygen atoms in total. The maximum Gasteiger partial charge on any atom is 0.230 e. The van der Waals surface area contributed by atoms with Crippen LogP contribution in [0.15, 0.2) is 59.8 Å². The number of carbonyl (C=O) groups is 1. The summed E-state index contributed by atoms with van der Waals surface area (Å²) >= 11 is 1.38. The Morgan fingerprint density at radius 2 is 1.78 bits per heavy atom. The molecule has 170 valence electrons. The van der Waals surface area contributed by atoms with E-state index in [2.05, 4.69) is 29.4 Å². The number of rotatable bonds is 11. The molecule has 2 aromatic carbocycles.